The summed E-state index contributed by atoms with van der Waals surface area (Å²) in [4.78, 5) is 14.7. The Kier molecular flexibility index (Phi) is 6.14. The van der Waals surface area contributed by atoms with Gasteiger partial charge in [0.15, 0.2) is 0 Å². The maximum atomic E-state index is 12.7. The first kappa shape index (κ1) is 19.4. The zero-order chi connectivity index (χ0) is 19.3. The molecule has 1 unspecified atom stereocenters. The Hall–Kier alpha value is -2.37. The normalized spacial score (nSPS) is 17.7. The lowest BCUT2D eigenvalue weighted by atomic mass is 9.84. The molecule has 2 heterocycles. The Balaban J connectivity index is 1.52. The average Bonchev–Trinajstić information content (AvgIpc) is 3.19. The summed E-state index contributed by atoms with van der Waals surface area (Å²) >= 11 is 0. The number of aryl methyl sites for hydroxylation is 1. The molecule has 1 N–H and O–H groups in total. The molecule has 6 nitrogen and oxygen atoms in total. The van der Waals surface area contributed by atoms with E-state index >= 15 is 0 Å². The van der Waals surface area contributed by atoms with Crippen LogP contribution in [0.5, 0.6) is 0 Å². The summed E-state index contributed by atoms with van der Waals surface area (Å²) in [5, 5.41) is 11.1. The van der Waals surface area contributed by atoms with Gasteiger partial charge in [-0.15, -0.1) is 5.10 Å². The fourth-order valence-corrected chi connectivity index (χ4v) is 3.70. The number of rotatable bonds is 6. The number of benzene rings is 1. The second kappa shape index (κ2) is 8.55. The van der Waals surface area contributed by atoms with Crippen LogP contribution in [0, 0.1) is 5.92 Å². The van der Waals surface area contributed by atoms with Crippen LogP contribution < -0.4 is 5.32 Å². The van der Waals surface area contributed by atoms with Crippen LogP contribution in [-0.4, -0.2) is 45.6 Å². The molecule has 1 saturated heterocycles. The number of nitrogens with one attached hydrogen (secondary N) is 1. The van der Waals surface area contributed by atoms with Crippen LogP contribution in [0.3, 0.4) is 0 Å². The highest BCUT2D eigenvalue weighted by molar-refractivity contribution is 5.74. The molecule has 1 aliphatic heterocycles. The summed E-state index contributed by atoms with van der Waals surface area (Å²) in [5.74, 6) is 0.431. The van der Waals surface area contributed by atoms with Crippen LogP contribution in [0.2, 0.25) is 0 Å². The molecule has 0 aliphatic carbocycles. The van der Waals surface area contributed by atoms with Gasteiger partial charge < -0.3 is 10.2 Å². The lowest BCUT2D eigenvalue weighted by Gasteiger charge is -2.34. The van der Waals surface area contributed by atoms with Crippen molar-refractivity contribution < 1.29 is 4.79 Å². The molecule has 27 heavy (non-hydrogen) atoms. The van der Waals surface area contributed by atoms with Crippen molar-refractivity contribution in [2.45, 2.75) is 52.0 Å². The molecular formula is C21H31N5O. The number of aromatic nitrogens is 3. The smallest absolute Gasteiger partial charge is 0.317 e. The number of nitrogens with zero attached hydrogens (tertiary/aromatic N) is 4. The minimum atomic E-state index is -0.0994. The number of likely N-dealkylation sites (tertiary alicyclic amines) is 1. The van der Waals surface area contributed by atoms with Crippen molar-refractivity contribution in [1.29, 1.82) is 0 Å². The van der Waals surface area contributed by atoms with E-state index in [4.69, 9.17) is 0 Å². The van der Waals surface area contributed by atoms with Gasteiger partial charge in [-0.3, -0.25) is 4.68 Å². The van der Waals surface area contributed by atoms with Crippen molar-refractivity contribution in [3.05, 3.63) is 47.8 Å². The van der Waals surface area contributed by atoms with E-state index in [2.05, 4.69) is 60.7 Å². The fraction of sp³-hybridized carbons (Fsp3) is 0.571. The third-order valence-electron chi connectivity index (χ3n) is 5.55. The Bertz CT molecular complexity index is 724. The fourth-order valence-electron chi connectivity index (χ4n) is 3.70. The highest BCUT2D eigenvalue weighted by Crippen LogP contribution is 2.23. The molecule has 2 amide bonds. The van der Waals surface area contributed by atoms with Crippen LogP contribution in [0.4, 0.5) is 4.79 Å². The van der Waals surface area contributed by atoms with Gasteiger partial charge in [0.05, 0.1) is 6.20 Å². The van der Waals surface area contributed by atoms with E-state index < -0.39 is 0 Å². The Morgan fingerprint density at radius 2 is 2.07 bits per heavy atom. The van der Waals surface area contributed by atoms with Crippen LogP contribution in [0.25, 0.3) is 0 Å². The lowest BCUT2D eigenvalue weighted by Crippen LogP contribution is -2.48. The lowest BCUT2D eigenvalue weighted by molar-refractivity contribution is 0.156. The van der Waals surface area contributed by atoms with Crippen LogP contribution in [0.15, 0.2) is 36.7 Å². The topological polar surface area (TPSA) is 63.1 Å². The number of carbonyl (C=O) groups excluding carboxylic acids is 1. The summed E-state index contributed by atoms with van der Waals surface area (Å²) in [6.45, 7) is 9.56. The Morgan fingerprint density at radius 1 is 1.30 bits per heavy atom. The first-order chi connectivity index (χ1) is 13.0. The summed E-state index contributed by atoms with van der Waals surface area (Å²) < 4.78 is 1.86. The molecule has 3 rings (SSSR count). The first-order valence-electron chi connectivity index (χ1n) is 9.94. The summed E-state index contributed by atoms with van der Waals surface area (Å²) in [6, 6.07) is 8.76. The zero-order valence-corrected chi connectivity index (χ0v) is 16.7. The van der Waals surface area contributed by atoms with Crippen molar-refractivity contribution in [3.8, 4) is 0 Å². The quantitative estimate of drug-likeness (QED) is 0.850. The molecule has 0 saturated carbocycles. The van der Waals surface area contributed by atoms with Gasteiger partial charge in [0, 0.05) is 37.8 Å². The Morgan fingerprint density at radius 3 is 2.74 bits per heavy atom. The van der Waals surface area contributed by atoms with Crippen LogP contribution >= 0.6 is 0 Å². The van der Waals surface area contributed by atoms with E-state index in [0.29, 0.717) is 12.5 Å². The third-order valence-corrected chi connectivity index (χ3v) is 5.55. The standard InChI is InChI=1S/C21H31N5O/c1-4-17-7-9-19(10-8-17)21(2,3)16-22-20(27)25-12-5-6-18(14-25)15-26-13-11-23-24-26/h7-11,13,18H,4-6,12,14-16H2,1-3H3,(H,22,27). The van der Waals surface area contributed by atoms with E-state index in [1.165, 1.54) is 11.1 Å². The number of hydrogen-bond donors (Lipinski definition) is 1. The highest BCUT2D eigenvalue weighted by Gasteiger charge is 2.26. The van der Waals surface area contributed by atoms with Crippen molar-refractivity contribution >= 4 is 6.03 Å². The van der Waals surface area contributed by atoms with Crippen molar-refractivity contribution in [2.75, 3.05) is 19.6 Å². The van der Waals surface area contributed by atoms with Gasteiger partial charge in [0.25, 0.3) is 0 Å². The average molecular weight is 370 g/mol. The van der Waals surface area contributed by atoms with Crippen LogP contribution in [0.1, 0.15) is 44.7 Å². The van der Waals surface area contributed by atoms with Gasteiger partial charge in [-0.05, 0) is 36.3 Å². The summed E-state index contributed by atoms with van der Waals surface area (Å²) in [6.07, 6.45) is 6.78. The van der Waals surface area contributed by atoms with Gasteiger partial charge in [0.1, 0.15) is 0 Å². The minimum absolute atomic E-state index is 0.0385. The molecule has 146 valence electrons. The summed E-state index contributed by atoms with van der Waals surface area (Å²) in [7, 11) is 0. The molecular weight excluding hydrogens is 338 g/mol. The second-order valence-corrected chi connectivity index (χ2v) is 8.17. The zero-order valence-electron chi connectivity index (χ0n) is 16.7. The number of amides is 2. The van der Waals surface area contributed by atoms with Crippen molar-refractivity contribution in [2.24, 2.45) is 5.92 Å². The number of hydrogen-bond acceptors (Lipinski definition) is 3. The number of carbonyl (C=O) groups is 1. The molecule has 2 aromatic rings. The monoisotopic (exact) mass is 369 g/mol. The van der Waals surface area contributed by atoms with Crippen molar-refractivity contribution in [3.63, 3.8) is 0 Å². The van der Waals surface area contributed by atoms with E-state index in [1.54, 1.807) is 6.20 Å². The largest absolute Gasteiger partial charge is 0.337 e. The van der Waals surface area contributed by atoms with E-state index in [0.717, 1.165) is 38.9 Å². The molecule has 1 aromatic heterocycles. The highest BCUT2D eigenvalue weighted by atomic mass is 16.2. The van der Waals surface area contributed by atoms with Crippen LogP contribution in [-0.2, 0) is 18.4 Å². The first-order valence-corrected chi connectivity index (χ1v) is 9.94. The molecule has 6 heteroatoms. The van der Waals surface area contributed by atoms with Gasteiger partial charge in [-0.25, -0.2) is 4.79 Å². The predicted molar refractivity (Wildman–Crippen MR) is 107 cm³/mol. The van der Waals surface area contributed by atoms with E-state index in [-0.39, 0.29) is 11.4 Å². The number of urea groups is 1. The predicted octanol–water partition coefficient (Wildman–Crippen LogP) is 3.24. The summed E-state index contributed by atoms with van der Waals surface area (Å²) in [5.41, 5.74) is 2.49. The molecule has 1 fully saturated rings. The Labute approximate surface area is 161 Å². The second-order valence-electron chi connectivity index (χ2n) is 8.17. The third kappa shape index (κ3) is 5.08. The maximum Gasteiger partial charge on any atom is 0.317 e. The van der Waals surface area contributed by atoms with Crippen molar-refractivity contribution in [1.82, 2.24) is 25.2 Å². The number of piperidine rings is 1. The van der Waals surface area contributed by atoms with E-state index in [1.807, 2.05) is 15.8 Å². The van der Waals surface area contributed by atoms with Gasteiger partial charge in [-0.1, -0.05) is 50.3 Å². The maximum absolute atomic E-state index is 12.7. The SMILES string of the molecule is CCc1ccc(C(C)(C)CNC(=O)N2CCCC(Cn3ccnn3)C2)cc1. The van der Waals surface area contributed by atoms with Gasteiger partial charge in [-0.2, -0.15) is 0 Å². The van der Waals surface area contributed by atoms with E-state index in [9.17, 15) is 4.79 Å². The molecule has 0 spiro atoms. The molecule has 0 bridgehead atoms. The molecule has 1 aliphatic rings. The molecule has 1 atom stereocenters. The van der Waals surface area contributed by atoms with Gasteiger partial charge in [0.2, 0.25) is 0 Å². The molecule has 0 radical (unpaired) electrons. The van der Waals surface area contributed by atoms with Gasteiger partial charge >= 0.3 is 6.03 Å². The minimum Gasteiger partial charge on any atom is -0.337 e. The molecule has 1 aromatic carbocycles.